The zero-order valence-corrected chi connectivity index (χ0v) is 8.77. The van der Waals surface area contributed by atoms with E-state index < -0.39 is 0 Å². The van der Waals surface area contributed by atoms with Gasteiger partial charge in [-0.05, 0) is 29.8 Å². The van der Waals surface area contributed by atoms with Gasteiger partial charge in [0.1, 0.15) is 16.6 Å². The highest BCUT2D eigenvalue weighted by atomic mass is 32.1. The lowest BCUT2D eigenvalue weighted by atomic mass is 10.3. The van der Waals surface area contributed by atoms with Gasteiger partial charge in [0.25, 0.3) is 0 Å². The molecule has 2 unspecified atom stereocenters. The van der Waals surface area contributed by atoms with Gasteiger partial charge in [0.2, 0.25) is 0 Å². The molecule has 1 aliphatic rings. The second-order valence-electron chi connectivity index (χ2n) is 3.74. The second-order valence-corrected chi connectivity index (χ2v) is 4.51. The third-order valence-corrected chi connectivity index (χ3v) is 3.45. The van der Waals surface area contributed by atoms with Crippen LogP contribution in [0.3, 0.4) is 0 Å². The van der Waals surface area contributed by atoms with E-state index in [0.717, 1.165) is 23.4 Å². The Balaban J connectivity index is 1.99. The molecule has 4 nitrogen and oxygen atoms in total. The fourth-order valence-corrected chi connectivity index (χ4v) is 2.11. The predicted octanol–water partition coefficient (Wildman–Crippen LogP) is 1.66. The first-order valence-corrected chi connectivity index (χ1v) is 5.38. The van der Waals surface area contributed by atoms with Gasteiger partial charge in [-0.25, -0.2) is 0 Å². The minimum Gasteiger partial charge on any atom is -0.382 e. The number of hydrogen-bond donors (Lipinski definition) is 2. The van der Waals surface area contributed by atoms with Crippen LogP contribution in [0, 0.1) is 23.2 Å². The Bertz CT molecular complexity index is 379. The summed E-state index contributed by atoms with van der Waals surface area (Å²) in [5.74, 6) is 1.91. The average molecular weight is 208 g/mol. The summed E-state index contributed by atoms with van der Waals surface area (Å²) >= 11 is 1.26. The molecule has 14 heavy (non-hydrogen) atoms. The molecule has 1 aromatic heterocycles. The van der Waals surface area contributed by atoms with Crippen LogP contribution in [0.4, 0.5) is 10.8 Å². The molecule has 1 aliphatic carbocycles. The Morgan fingerprint density at radius 1 is 1.79 bits per heavy atom. The van der Waals surface area contributed by atoms with Crippen LogP contribution in [0.25, 0.3) is 0 Å². The summed E-state index contributed by atoms with van der Waals surface area (Å²) in [5, 5.41) is 12.9. The molecule has 1 aromatic rings. The van der Waals surface area contributed by atoms with Crippen molar-refractivity contribution in [1.82, 2.24) is 4.37 Å². The minimum atomic E-state index is 0.337. The van der Waals surface area contributed by atoms with Crippen molar-refractivity contribution in [2.45, 2.75) is 13.3 Å². The first kappa shape index (κ1) is 9.28. The Kier molecular flexibility index (Phi) is 2.30. The number of hydrogen-bond acceptors (Lipinski definition) is 5. The zero-order chi connectivity index (χ0) is 10.1. The van der Waals surface area contributed by atoms with E-state index in [0.29, 0.717) is 11.4 Å². The SMILES string of the molecule is CC1CC1CNc1snc(N)c1C#N. The normalized spacial score (nSPS) is 24.3. The third-order valence-electron chi connectivity index (χ3n) is 2.63. The summed E-state index contributed by atoms with van der Waals surface area (Å²) in [7, 11) is 0. The summed E-state index contributed by atoms with van der Waals surface area (Å²) in [6.45, 7) is 3.16. The topological polar surface area (TPSA) is 74.7 Å². The fraction of sp³-hybridized carbons (Fsp3) is 0.556. The predicted molar refractivity (Wildman–Crippen MR) is 57.0 cm³/mol. The van der Waals surface area contributed by atoms with Gasteiger partial charge in [0, 0.05) is 6.54 Å². The first-order valence-electron chi connectivity index (χ1n) is 4.61. The lowest BCUT2D eigenvalue weighted by molar-refractivity contribution is 0.788. The molecule has 0 aliphatic heterocycles. The van der Waals surface area contributed by atoms with Crippen LogP contribution in [-0.4, -0.2) is 10.9 Å². The van der Waals surface area contributed by atoms with Crippen LogP contribution in [0.15, 0.2) is 0 Å². The van der Waals surface area contributed by atoms with Crippen LogP contribution in [0.5, 0.6) is 0 Å². The van der Waals surface area contributed by atoms with E-state index in [2.05, 4.69) is 22.7 Å². The van der Waals surface area contributed by atoms with Gasteiger partial charge in [-0.1, -0.05) is 6.92 Å². The van der Waals surface area contributed by atoms with Crippen molar-refractivity contribution in [3.63, 3.8) is 0 Å². The number of nitrogen functional groups attached to an aromatic ring is 1. The van der Waals surface area contributed by atoms with Gasteiger partial charge in [0.15, 0.2) is 5.82 Å². The highest BCUT2D eigenvalue weighted by Gasteiger charge is 2.32. The van der Waals surface area contributed by atoms with Crippen molar-refractivity contribution < 1.29 is 0 Å². The quantitative estimate of drug-likeness (QED) is 0.792. The van der Waals surface area contributed by atoms with Crippen LogP contribution < -0.4 is 11.1 Å². The maximum atomic E-state index is 8.82. The maximum Gasteiger partial charge on any atom is 0.157 e. The smallest absolute Gasteiger partial charge is 0.157 e. The summed E-state index contributed by atoms with van der Waals surface area (Å²) in [6, 6.07) is 2.06. The van der Waals surface area contributed by atoms with Crippen LogP contribution in [0.2, 0.25) is 0 Å². The van der Waals surface area contributed by atoms with Crippen molar-refractivity contribution >= 4 is 22.4 Å². The summed E-state index contributed by atoms with van der Waals surface area (Å²) in [5.41, 5.74) is 6.03. The van der Waals surface area contributed by atoms with E-state index in [-0.39, 0.29) is 0 Å². The van der Waals surface area contributed by atoms with Gasteiger partial charge < -0.3 is 11.1 Å². The number of nitriles is 1. The molecule has 0 radical (unpaired) electrons. The van der Waals surface area contributed by atoms with E-state index in [1.807, 2.05) is 0 Å². The Morgan fingerprint density at radius 2 is 2.50 bits per heavy atom. The molecule has 2 atom stereocenters. The van der Waals surface area contributed by atoms with Gasteiger partial charge in [-0.3, -0.25) is 0 Å². The van der Waals surface area contributed by atoms with E-state index in [9.17, 15) is 0 Å². The van der Waals surface area contributed by atoms with Crippen molar-refractivity contribution in [2.75, 3.05) is 17.6 Å². The van der Waals surface area contributed by atoms with E-state index >= 15 is 0 Å². The molecule has 1 saturated carbocycles. The fourth-order valence-electron chi connectivity index (χ4n) is 1.44. The standard InChI is InChI=1S/C9H12N4S/c1-5-2-6(5)4-12-9-7(3-10)8(11)13-14-9/h5-6,12H,2,4H2,1H3,(H2,11,13). The molecule has 1 fully saturated rings. The minimum absolute atomic E-state index is 0.337. The molecule has 74 valence electrons. The number of nitrogens with zero attached hydrogens (tertiary/aromatic N) is 2. The molecule has 0 spiro atoms. The second kappa shape index (κ2) is 3.46. The number of aromatic nitrogens is 1. The average Bonchev–Trinajstić information content (AvgIpc) is 2.74. The van der Waals surface area contributed by atoms with Crippen LogP contribution >= 0.6 is 11.5 Å². The van der Waals surface area contributed by atoms with Crippen molar-refractivity contribution in [3.05, 3.63) is 5.56 Å². The van der Waals surface area contributed by atoms with Crippen molar-refractivity contribution in [2.24, 2.45) is 11.8 Å². The zero-order valence-electron chi connectivity index (χ0n) is 7.95. The molecule has 5 heteroatoms. The molecule has 3 N–H and O–H groups in total. The van der Waals surface area contributed by atoms with E-state index in [4.69, 9.17) is 11.0 Å². The van der Waals surface area contributed by atoms with Crippen molar-refractivity contribution in [1.29, 1.82) is 5.26 Å². The Hall–Kier alpha value is -1.28. The molecule has 2 rings (SSSR count). The largest absolute Gasteiger partial charge is 0.382 e. The third kappa shape index (κ3) is 1.66. The van der Waals surface area contributed by atoms with Gasteiger partial charge >= 0.3 is 0 Å². The number of anilines is 2. The molecular weight excluding hydrogens is 196 g/mol. The summed E-state index contributed by atoms with van der Waals surface area (Å²) in [6.07, 6.45) is 1.28. The highest BCUT2D eigenvalue weighted by molar-refractivity contribution is 7.10. The number of rotatable bonds is 3. The lowest BCUT2D eigenvalue weighted by Gasteiger charge is -2.01. The number of nitrogens with one attached hydrogen (secondary N) is 1. The maximum absolute atomic E-state index is 8.82. The molecule has 0 saturated heterocycles. The van der Waals surface area contributed by atoms with Gasteiger partial charge in [0.05, 0.1) is 0 Å². The van der Waals surface area contributed by atoms with Crippen LogP contribution in [0.1, 0.15) is 18.9 Å². The van der Waals surface area contributed by atoms with E-state index in [1.165, 1.54) is 18.0 Å². The Morgan fingerprint density at radius 3 is 3.07 bits per heavy atom. The van der Waals surface area contributed by atoms with Crippen molar-refractivity contribution in [3.8, 4) is 6.07 Å². The Labute approximate surface area is 86.9 Å². The number of nitrogens with two attached hydrogens (primary N) is 1. The lowest BCUT2D eigenvalue weighted by Crippen LogP contribution is -2.04. The molecular formula is C9H12N4S. The van der Waals surface area contributed by atoms with Crippen LogP contribution in [-0.2, 0) is 0 Å². The molecule has 0 amide bonds. The highest BCUT2D eigenvalue weighted by Crippen LogP contribution is 2.38. The monoisotopic (exact) mass is 208 g/mol. The molecule has 0 aromatic carbocycles. The summed E-state index contributed by atoms with van der Waals surface area (Å²) < 4.78 is 3.94. The molecule has 0 bridgehead atoms. The van der Waals surface area contributed by atoms with E-state index in [1.54, 1.807) is 0 Å². The molecule has 1 heterocycles. The van der Waals surface area contributed by atoms with Gasteiger partial charge in [-0.2, -0.15) is 9.64 Å². The first-order chi connectivity index (χ1) is 6.72. The summed E-state index contributed by atoms with van der Waals surface area (Å²) in [4.78, 5) is 0. The van der Waals surface area contributed by atoms with Gasteiger partial charge in [-0.15, -0.1) is 0 Å².